The number of aliphatic imine (C=N–C) groups is 1. The van der Waals surface area contributed by atoms with Crippen molar-refractivity contribution < 1.29 is 19.0 Å². The van der Waals surface area contributed by atoms with Crippen LogP contribution in [-0.2, 0) is 10.3 Å². The summed E-state index contributed by atoms with van der Waals surface area (Å²) in [5.41, 5.74) is 5.28. The SMILES string of the molecule is COc1ccc2c(c1)Oc1cc(N=C(c3ccccc3)c3ccccc3)ccc1C21OC(=O)c2ccccc21. The first-order chi connectivity index (χ1) is 19.2. The number of hydrogen-bond donors (Lipinski definition) is 0. The van der Waals surface area contributed by atoms with Gasteiger partial charge in [0.25, 0.3) is 0 Å². The third-order valence-electron chi connectivity index (χ3n) is 7.24. The fourth-order valence-electron chi connectivity index (χ4n) is 5.46. The van der Waals surface area contributed by atoms with Gasteiger partial charge < -0.3 is 14.2 Å². The zero-order chi connectivity index (χ0) is 26.4. The molecule has 0 amide bonds. The summed E-state index contributed by atoms with van der Waals surface area (Å²) >= 11 is 0. The number of benzene rings is 5. The Morgan fingerprint density at radius 1 is 0.692 bits per heavy atom. The van der Waals surface area contributed by atoms with Gasteiger partial charge in [0.15, 0.2) is 5.60 Å². The molecule has 2 aliphatic heterocycles. The smallest absolute Gasteiger partial charge is 0.340 e. The van der Waals surface area contributed by atoms with Gasteiger partial charge in [-0.25, -0.2) is 9.79 Å². The number of carbonyl (C=O) groups is 1. The Bertz CT molecular complexity index is 1720. The maximum atomic E-state index is 13.1. The van der Waals surface area contributed by atoms with Gasteiger partial charge in [0.1, 0.15) is 17.2 Å². The minimum absolute atomic E-state index is 0.363. The molecule has 0 radical (unpaired) electrons. The summed E-state index contributed by atoms with van der Waals surface area (Å²) in [5.74, 6) is 1.42. The van der Waals surface area contributed by atoms with Crippen molar-refractivity contribution in [2.75, 3.05) is 7.11 Å². The highest BCUT2D eigenvalue weighted by Crippen LogP contribution is 2.57. The lowest BCUT2D eigenvalue weighted by atomic mass is 9.77. The number of fused-ring (bicyclic) bond motifs is 6. The van der Waals surface area contributed by atoms with Crippen LogP contribution in [0.3, 0.4) is 0 Å². The lowest BCUT2D eigenvalue weighted by Crippen LogP contribution is -2.32. The van der Waals surface area contributed by atoms with Crippen LogP contribution in [0.4, 0.5) is 5.69 Å². The highest BCUT2D eigenvalue weighted by atomic mass is 16.6. The van der Waals surface area contributed by atoms with Crippen LogP contribution < -0.4 is 9.47 Å². The van der Waals surface area contributed by atoms with E-state index in [0.717, 1.165) is 39.2 Å². The van der Waals surface area contributed by atoms with Crippen molar-refractivity contribution >= 4 is 17.4 Å². The summed E-state index contributed by atoms with van der Waals surface area (Å²) < 4.78 is 18.2. The van der Waals surface area contributed by atoms with E-state index in [0.29, 0.717) is 22.8 Å². The Balaban J connectivity index is 1.43. The molecule has 188 valence electrons. The molecular weight excluding hydrogens is 486 g/mol. The Kier molecular flexibility index (Phi) is 5.30. The minimum atomic E-state index is -1.13. The summed E-state index contributed by atoms with van der Waals surface area (Å²) in [5, 5.41) is 0. The van der Waals surface area contributed by atoms with Crippen molar-refractivity contribution in [3.63, 3.8) is 0 Å². The molecule has 5 aromatic carbocycles. The molecule has 5 heteroatoms. The van der Waals surface area contributed by atoms with Crippen molar-refractivity contribution in [3.8, 4) is 17.2 Å². The number of methoxy groups -OCH3 is 1. The molecule has 7 rings (SSSR count). The normalized spacial score (nSPS) is 16.4. The van der Waals surface area contributed by atoms with Crippen LogP contribution in [0.15, 0.2) is 126 Å². The van der Waals surface area contributed by atoms with Crippen LogP contribution in [0.1, 0.15) is 38.2 Å². The Morgan fingerprint density at radius 3 is 2.00 bits per heavy atom. The van der Waals surface area contributed by atoms with E-state index >= 15 is 0 Å². The number of nitrogens with zero attached hydrogens (tertiary/aromatic N) is 1. The highest BCUT2D eigenvalue weighted by Gasteiger charge is 2.53. The minimum Gasteiger partial charge on any atom is -0.497 e. The van der Waals surface area contributed by atoms with Gasteiger partial charge in [-0.3, -0.25) is 0 Å². The summed E-state index contributed by atoms with van der Waals surface area (Å²) in [6.07, 6.45) is 0. The molecule has 1 unspecified atom stereocenters. The van der Waals surface area contributed by atoms with E-state index in [2.05, 4.69) is 0 Å². The maximum absolute atomic E-state index is 13.1. The summed E-state index contributed by atoms with van der Waals surface area (Å²) in [7, 11) is 1.61. The van der Waals surface area contributed by atoms with Gasteiger partial charge in [-0.2, -0.15) is 0 Å². The molecule has 39 heavy (non-hydrogen) atoms. The van der Waals surface area contributed by atoms with E-state index in [1.165, 1.54) is 0 Å². The highest BCUT2D eigenvalue weighted by molar-refractivity contribution is 6.14. The predicted molar refractivity (Wildman–Crippen MR) is 149 cm³/mol. The van der Waals surface area contributed by atoms with Crippen molar-refractivity contribution in [2.45, 2.75) is 5.60 Å². The van der Waals surface area contributed by atoms with Crippen molar-refractivity contribution in [3.05, 3.63) is 155 Å². The van der Waals surface area contributed by atoms with Crippen molar-refractivity contribution in [1.82, 2.24) is 0 Å². The van der Waals surface area contributed by atoms with Gasteiger partial charge in [-0.1, -0.05) is 78.9 Å². The third-order valence-corrected chi connectivity index (χ3v) is 7.24. The lowest BCUT2D eigenvalue weighted by molar-refractivity contribution is 0.0224. The van der Waals surface area contributed by atoms with Gasteiger partial charge in [0.05, 0.1) is 24.1 Å². The Labute approximate surface area is 226 Å². The zero-order valence-electron chi connectivity index (χ0n) is 21.1. The molecule has 0 bridgehead atoms. The third kappa shape index (κ3) is 3.62. The summed E-state index contributed by atoms with van der Waals surface area (Å²) in [6, 6.07) is 39.1. The molecule has 0 aliphatic carbocycles. The average Bonchev–Trinajstić information content (AvgIpc) is 3.29. The molecule has 0 N–H and O–H groups in total. The number of carbonyl (C=O) groups excluding carboxylic acids is 1. The van der Waals surface area contributed by atoms with Crippen molar-refractivity contribution in [1.29, 1.82) is 0 Å². The Morgan fingerprint density at radius 2 is 1.31 bits per heavy atom. The van der Waals surface area contributed by atoms with Gasteiger partial charge in [0, 0.05) is 39.9 Å². The second-order valence-corrected chi connectivity index (χ2v) is 9.45. The number of ether oxygens (including phenoxy) is 3. The molecular formula is C34H23NO4. The molecule has 1 spiro atoms. The van der Waals surface area contributed by atoms with E-state index in [1.54, 1.807) is 13.2 Å². The van der Waals surface area contributed by atoms with E-state index in [1.807, 2.05) is 115 Å². The fraction of sp³-hybridized carbons (Fsp3) is 0.0588. The predicted octanol–water partition coefficient (Wildman–Crippen LogP) is 7.43. The van der Waals surface area contributed by atoms with Crippen LogP contribution in [0.5, 0.6) is 17.2 Å². The molecule has 2 aliphatic rings. The molecule has 5 aromatic rings. The largest absolute Gasteiger partial charge is 0.497 e. The quantitative estimate of drug-likeness (QED) is 0.187. The van der Waals surface area contributed by atoms with E-state index < -0.39 is 5.60 Å². The van der Waals surface area contributed by atoms with Crippen LogP contribution in [0, 0.1) is 0 Å². The second kappa shape index (κ2) is 8.99. The van der Waals surface area contributed by atoms with E-state index in [4.69, 9.17) is 19.2 Å². The molecule has 0 fully saturated rings. The van der Waals surface area contributed by atoms with Gasteiger partial charge >= 0.3 is 5.97 Å². The molecule has 0 saturated carbocycles. The van der Waals surface area contributed by atoms with Gasteiger partial charge in [-0.15, -0.1) is 0 Å². The Hall–Kier alpha value is -5.16. The molecule has 0 aromatic heterocycles. The standard InChI is InChI=1S/C34H23NO4/c1-37-25-17-19-29-31(21-25)38-30-20-24(35-32(22-10-4-2-5-11-22)23-12-6-3-7-13-23)16-18-28(30)34(29)27-15-9-8-14-26(27)33(36)39-34/h2-21H,1H3. The van der Waals surface area contributed by atoms with Gasteiger partial charge in [0.2, 0.25) is 0 Å². The first-order valence-corrected chi connectivity index (χ1v) is 12.7. The monoisotopic (exact) mass is 509 g/mol. The number of rotatable bonds is 4. The first kappa shape index (κ1) is 23.0. The summed E-state index contributed by atoms with van der Waals surface area (Å²) in [6.45, 7) is 0. The zero-order valence-corrected chi connectivity index (χ0v) is 21.1. The van der Waals surface area contributed by atoms with Crippen LogP contribution in [0.25, 0.3) is 0 Å². The lowest BCUT2D eigenvalue weighted by Gasteiger charge is -2.36. The fourth-order valence-corrected chi connectivity index (χ4v) is 5.46. The van der Waals surface area contributed by atoms with E-state index in [9.17, 15) is 4.79 Å². The molecule has 5 nitrogen and oxygen atoms in total. The van der Waals surface area contributed by atoms with Crippen LogP contribution in [0.2, 0.25) is 0 Å². The van der Waals surface area contributed by atoms with E-state index in [-0.39, 0.29) is 5.97 Å². The summed E-state index contributed by atoms with van der Waals surface area (Å²) in [4.78, 5) is 18.2. The molecule has 0 saturated heterocycles. The first-order valence-electron chi connectivity index (χ1n) is 12.7. The number of esters is 1. The molecule has 1 atom stereocenters. The topological polar surface area (TPSA) is 57.1 Å². The van der Waals surface area contributed by atoms with Crippen molar-refractivity contribution in [2.24, 2.45) is 4.99 Å². The molecule has 2 heterocycles. The second-order valence-electron chi connectivity index (χ2n) is 9.45. The van der Waals surface area contributed by atoms with Gasteiger partial charge in [-0.05, 0) is 30.3 Å². The maximum Gasteiger partial charge on any atom is 0.340 e. The van der Waals surface area contributed by atoms with Crippen LogP contribution >= 0.6 is 0 Å². The van der Waals surface area contributed by atoms with Crippen LogP contribution in [-0.4, -0.2) is 18.8 Å². The number of hydrogen-bond acceptors (Lipinski definition) is 5. The average molecular weight is 510 g/mol.